The van der Waals surface area contributed by atoms with Crippen LogP contribution in [0.4, 0.5) is 74.6 Å². The molecule has 192 valence electrons. The number of rotatable bonds is 8. The second-order valence-electron chi connectivity index (χ2n) is 6.34. The first kappa shape index (κ1) is 29.5. The lowest BCUT2D eigenvalue weighted by molar-refractivity contribution is -0.461. The summed E-state index contributed by atoms with van der Waals surface area (Å²) in [6, 6.07) is 3.77. The van der Waals surface area contributed by atoms with Crippen molar-refractivity contribution >= 4 is 15.9 Å². The van der Waals surface area contributed by atoms with Crippen LogP contribution < -0.4 is 0 Å². The number of hydrogen-bond donors (Lipinski definition) is 0. The molecule has 0 aliphatic carbocycles. The summed E-state index contributed by atoms with van der Waals surface area (Å²) < 4.78 is 225. The summed E-state index contributed by atoms with van der Waals surface area (Å²) in [5, 5.41) is 0. The van der Waals surface area contributed by atoms with E-state index in [1.807, 2.05) is 0 Å². The Balaban J connectivity index is 3.66. The predicted octanol–water partition coefficient (Wildman–Crippen LogP) is 8.13. The molecule has 0 nitrogen and oxygen atoms in total. The quantitative estimate of drug-likeness (QED) is 0.212. The zero-order chi connectivity index (χ0) is 26.7. The van der Waals surface area contributed by atoms with Gasteiger partial charge in [0.25, 0.3) is 0 Å². The van der Waals surface area contributed by atoms with Crippen molar-refractivity contribution < 1.29 is 74.6 Å². The Kier molecular flexibility index (Phi) is 7.19. The van der Waals surface area contributed by atoms with E-state index in [2.05, 4.69) is 0 Å². The molecule has 1 unspecified atom stereocenters. The molecule has 0 fully saturated rings. The van der Waals surface area contributed by atoms with Crippen LogP contribution in [0.3, 0.4) is 0 Å². The lowest BCUT2D eigenvalue weighted by atomic mass is 9.87. The van der Waals surface area contributed by atoms with Gasteiger partial charge in [-0.05, 0) is 5.56 Å². The van der Waals surface area contributed by atoms with Crippen LogP contribution in [0, 0.1) is 0 Å². The summed E-state index contributed by atoms with van der Waals surface area (Å²) in [6.45, 7) is 0. The lowest BCUT2D eigenvalue weighted by Crippen LogP contribution is -2.74. The van der Waals surface area contributed by atoms with Gasteiger partial charge in [-0.25, -0.2) is 0 Å². The molecule has 0 bridgehead atoms. The van der Waals surface area contributed by atoms with Crippen molar-refractivity contribution in [3.05, 3.63) is 35.9 Å². The Bertz CT molecular complexity index is 827. The van der Waals surface area contributed by atoms with Crippen LogP contribution in [0.2, 0.25) is 0 Å². The summed E-state index contributed by atoms with van der Waals surface area (Å²) in [7, 11) is 0. The Labute approximate surface area is 179 Å². The molecule has 33 heavy (non-hydrogen) atoms. The van der Waals surface area contributed by atoms with E-state index in [-0.39, 0.29) is 0 Å². The predicted molar refractivity (Wildman–Crippen MR) is 78.8 cm³/mol. The van der Waals surface area contributed by atoms with E-state index in [0.717, 1.165) is 18.2 Å². The van der Waals surface area contributed by atoms with Crippen LogP contribution in [0.1, 0.15) is 10.4 Å². The van der Waals surface area contributed by atoms with Gasteiger partial charge in [-0.15, -0.1) is 0 Å². The van der Waals surface area contributed by atoms with Gasteiger partial charge in [-0.3, -0.25) is 0 Å². The van der Waals surface area contributed by atoms with Gasteiger partial charge in [-0.1, -0.05) is 46.3 Å². The average molecular weight is 589 g/mol. The average Bonchev–Trinajstić information content (AvgIpc) is 2.66. The molecule has 0 saturated heterocycles. The van der Waals surface area contributed by atoms with Crippen LogP contribution >= 0.6 is 15.9 Å². The van der Waals surface area contributed by atoms with Crippen LogP contribution in [0.15, 0.2) is 30.3 Å². The number of alkyl halides is 18. The van der Waals surface area contributed by atoms with Crippen molar-refractivity contribution in [3.8, 4) is 0 Å². The van der Waals surface area contributed by atoms with E-state index in [4.69, 9.17) is 0 Å². The summed E-state index contributed by atoms with van der Waals surface area (Å²) in [5.41, 5.74) is -1.05. The first-order valence-corrected chi connectivity index (χ1v) is 8.58. The summed E-state index contributed by atoms with van der Waals surface area (Å²) in [5.74, 6) is -56.4. The number of halogens is 18. The zero-order valence-electron chi connectivity index (χ0n) is 14.8. The molecule has 0 aliphatic heterocycles. The maximum atomic E-state index is 14.0. The van der Waals surface area contributed by atoms with E-state index in [1.165, 1.54) is 0 Å². The van der Waals surface area contributed by atoms with Gasteiger partial charge in [0.05, 0.1) is 0 Å². The molecule has 0 aromatic heterocycles. The van der Waals surface area contributed by atoms with Crippen LogP contribution in [0.25, 0.3) is 0 Å². The molecular formula is C15H6BrF17. The van der Waals surface area contributed by atoms with E-state index in [9.17, 15) is 74.6 Å². The van der Waals surface area contributed by atoms with Crippen LogP contribution in [-0.2, 0) is 0 Å². The van der Waals surface area contributed by atoms with Crippen molar-refractivity contribution in [3.63, 3.8) is 0 Å². The summed E-state index contributed by atoms with van der Waals surface area (Å²) in [4.78, 5) is -3.38. The molecule has 0 N–H and O–H groups in total. The Morgan fingerprint density at radius 3 is 1.09 bits per heavy atom. The van der Waals surface area contributed by atoms with Gasteiger partial charge in [0.1, 0.15) is 4.83 Å². The monoisotopic (exact) mass is 588 g/mol. The van der Waals surface area contributed by atoms with E-state index >= 15 is 0 Å². The molecule has 1 aromatic rings. The van der Waals surface area contributed by atoms with Gasteiger partial charge < -0.3 is 0 Å². The molecule has 0 heterocycles. The van der Waals surface area contributed by atoms with Gasteiger partial charge in [0, 0.05) is 0 Å². The smallest absolute Gasteiger partial charge is 0.198 e. The van der Waals surface area contributed by atoms with Gasteiger partial charge in [-0.2, -0.15) is 74.6 Å². The molecule has 0 radical (unpaired) electrons. The molecule has 0 aliphatic rings. The Morgan fingerprint density at radius 1 is 0.455 bits per heavy atom. The number of hydrogen-bond acceptors (Lipinski definition) is 0. The van der Waals surface area contributed by atoms with Crippen molar-refractivity contribution in [1.82, 2.24) is 0 Å². The maximum Gasteiger partial charge on any atom is 0.460 e. The fraction of sp³-hybridized carbons (Fsp3) is 0.600. The highest BCUT2D eigenvalue weighted by atomic mass is 79.9. The fourth-order valence-electron chi connectivity index (χ4n) is 2.17. The molecule has 1 atom stereocenters. The van der Waals surface area contributed by atoms with Crippen molar-refractivity contribution in [2.75, 3.05) is 0 Å². The third-order valence-corrected chi connectivity index (χ3v) is 5.26. The van der Waals surface area contributed by atoms with Gasteiger partial charge in [0.2, 0.25) is 0 Å². The largest absolute Gasteiger partial charge is 0.460 e. The lowest BCUT2D eigenvalue weighted by Gasteiger charge is -2.43. The molecule has 0 saturated carbocycles. The minimum atomic E-state index is -8.63. The van der Waals surface area contributed by atoms with Crippen molar-refractivity contribution in [2.45, 2.75) is 52.5 Å². The fourth-order valence-corrected chi connectivity index (χ4v) is 2.76. The SMILES string of the molecule is FC(F)(F)C(F)(F)C(F)(F)C(F)(F)C(F)(F)C(F)(F)C(F)(F)C(F)(F)C(Br)c1ccccc1. The third-order valence-electron chi connectivity index (χ3n) is 4.16. The molecule has 1 aromatic carbocycles. The van der Waals surface area contributed by atoms with Crippen LogP contribution in [0.5, 0.6) is 0 Å². The molecule has 1 rings (SSSR count). The molecule has 0 amide bonds. The highest BCUT2D eigenvalue weighted by molar-refractivity contribution is 9.09. The molecule has 18 heteroatoms. The minimum Gasteiger partial charge on any atom is -0.198 e. The highest BCUT2D eigenvalue weighted by Crippen LogP contribution is 2.65. The van der Waals surface area contributed by atoms with E-state index in [0.29, 0.717) is 12.1 Å². The van der Waals surface area contributed by atoms with Crippen LogP contribution in [-0.4, -0.2) is 47.6 Å². The zero-order valence-corrected chi connectivity index (χ0v) is 16.4. The van der Waals surface area contributed by atoms with Gasteiger partial charge >= 0.3 is 47.6 Å². The first-order valence-electron chi connectivity index (χ1n) is 7.67. The minimum absolute atomic E-state index is 0.520. The third kappa shape index (κ3) is 3.92. The first-order chi connectivity index (χ1) is 14.3. The van der Waals surface area contributed by atoms with E-state index < -0.39 is 58.0 Å². The summed E-state index contributed by atoms with van der Waals surface area (Å²) >= 11 is 1.74. The maximum absolute atomic E-state index is 14.0. The number of benzene rings is 1. The van der Waals surface area contributed by atoms with Crippen molar-refractivity contribution in [1.29, 1.82) is 0 Å². The standard InChI is InChI=1S/C15H6BrF17/c16-7(6-4-2-1-3-5-6)8(17,18)9(19,20)10(21,22)11(23,24)12(25,26)13(27,28)14(29,30)15(31,32)33/h1-5,7H. The summed E-state index contributed by atoms with van der Waals surface area (Å²) in [6.07, 6.45) is -7.77. The second-order valence-corrected chi connectivity index (χ2v) is 7.26. The Morgan fingerprint density at radius 2 is 0.758 bits per heavy atom. The topological polar surface area (TPSA) is 0 Å². The van der Waals surface area contributed by atoms with Crippen molar-refractivity contribution in [2.24, 2.45) is 0 Å². The van der Waals surface area contributed by atoms with E-state index in [1.54, 1.807) is 15.9 Å². The molecular weight excluding hydrogens is 583 g/mol. The second kappa shape index (κ2) is 8.03. The molecule has 0 spiro atoms. The normalized spacial score (nSPS) is 16.7. The van der Waals surface area contributed by atoms with Gasteiger partial charge in [0.15, 0.2) is 0 Å². The highest BCUT2D eigenvalue weighted by Gasteiger charge is 2.95. The Hall–Kier alpha value is -1.49.